The molecule has 7 heteroatoms. The number of phenols is 2. The maximum Gasteiger partial charge on any atom is 0.259 e. The molecule has 2 amide bonds. The van der Waals surface area contributed by atoms with Gasteiger partial charge >= 0.3 is 0 Å². The minimum absolute atomic E-state index is 0.0457. The van der Waals surface area contributed by atoms with Crippen molar-refractivity contribution in [3.63, 3.8) is 0 Å². The Bertz CT molecular complexity index is 1790. The lowest BCUT2D eigenvalue weighted by Gasteiger charge is -2.27. The Kier molecular flexibility index (Phi) is 11.4. The zero-order valence-electron chi connectivity index (χ0n) is 32.4. The van der Waals surface area contributed by atoms with Gasteiger partial charge in [0.2, 0.25) is 0 Å². The van der Waals surface area contributed by atoms with E-state index < -0.39 is 11.8 Å². The molecular weight excluding hydrogens is 624 g/mol. The fourth-order valence-electron chi connectivity index (χ4n) is 5.55. The highest BCUT2D eigenvalue weighted by atomic mass is 16.3. The molecule has 0 atom stereocenters. The molecule has 4 aromatic rings. The van der Waals surface area contributed by atoms with Gasteiger partial charge in [-0.2, -0.15) is 0 Å². The Hall–Kier alpha value is -4.65. The summed E-state index contributed by atoms with van der Waals surface area (Å²) in [5, 5.41) is 30.1. The molecule has 7 nitrogen and oxygen atoms in total. The first-order valence-electron chi connectivity index (χ1n) is 17.1. The van der Waals surface area contributed by atoms with Gasteiger partial charge in [-0.3, -0.25) is 9.59 Å². The number of nitrogens with one attached hydrogen (secondary N) is 2. The number of anilines is 2. The van der Waals surface area contributed by atoms with Gasteiger partial charge in [0.05, 0.1) is 22.5 Å². The molecule has 0 fully saturated rings. The first-order chi connectivity index (χ1) is 22.7. The maximum atomic E-state index is 13.9. The van der Waals surface area contributed by atoms with Crippen LogP contribution in [0.3, 0.4) is 0 Å². The molecule has 0 aliphatic heterocycles. The van der Waals surface area contributed by atoms with Crippen LogP contribution < -0.4 is 10.6 Å². The molecule has 0 aliphatic carbocycles. The second-order valence-corrected chi connectivity index (χ2v) is 17.4. The van der Waals surface area contributed by atoms with Crippen LogP contribution >= 0.6 is 0 Å². The van der Waals surface area contributed by atoms with E-state index >= 15 is 0 Å². The number of amides is 2. The number of aromatic hydroxyl groups is 2. The molecule has 4 rings (SSSR count). The average molecular weight is 681 g/mol. The van der Waals surface area contributed by atoms with Crippen LogP contribution in [0.5, 0.6) is 11.5 Å². The molecule has 268 valence electrons. The van der Waals surface area contributed by atoms with Gasteiger partial charge in [-0.05, 0) is 76.3 Å². The monoisotopic (exact) mass is 680 g/mol. The zero-order valence-corrected chi connectivity index (χ0v) is 32.4. The molecule has 0 heterocycles. The number of Topliss-reactive ketones (excluding diaryl/α,β-unsaturated/α-hetero) is 1. The third-order valence-electron chi connectivity index (χ3n) is 8.46. The second kappa shape index (κ2) is 14.3. The molecule has 0 radical (unpaired) electrons. The number of hydrogen-bond acceptors (Lipinski definition) is 5. The SMILES string of the molecule is CC(C)(C)c1cc(C(=O)Nc2cccc3cccc(NC(=O)c4cc(C(C)(C)C)cc(C(C)(C)C)c4O)c23)c(O)c(C(C)(C)C)c1.CC(C)=O. The van der Waals surface area contributed by atoms with Crippen molar-refractivity contribution in [3.8, 4) is 11.5 Å². The predicted octanol–water partition coefficient (Wildman–Crippen LogP) is 10.5. The summed E-state index contributed by atoms with van der Waals surface area (Å²) >= 11 is 0. The summed E-state index contributed by atoms with van der Waals surface area (Å²) < 4.78 is 0. The normalized spacial score (nSPS) is 12.2. The molecule has 4 aromatic carbocycles. The quantitative estimate of drug-likeness (QED) is 0.171. The van der Waals surface area contributed by atoms with Crippen molar-refractivity contribution in [1.29, 1.82) is 0 Å². The Morgan fingerprint density at radius 2 is 0.840 bits per heavy atom. The topological polar surface area (TPSA) is 116 Å². The lowest BCUT2D eigenvalue weighted by Crippen LogP contribution is -2.21. The predicted molar refractivity (Wildman–Crippen MR) is 207 cm³/mol. The number of hydrogen-bond donors (Lipinski definition) is 4. The van der Waals surface area contributed by atoms with Gasteiger partial charge < -0.3 is 25.6 Å². The van der Waals surface area contributed by atoms with Gasteiger partial charge in [-0.15, -0.1) is 0 Å². The van der Waals surface area contributed by atoms with Gasteiger partial charge in [0, 0.05) is 16.5 Å². The molecule has 0 spiro atoms. The molecule has 0 aromatic heterocycles. The summed E-state index contributed by atoms with van der Waals surface area (Å²) in [7, 11) is 0. The summed E-state index contributed by atoms with van der Waals surface area (Å²) in [6, 6.07) is 18.5. The minimum atomic E-state index is -0.451. The van der Waals surface area contributed by atoms with E-state index in [4.69, 9.17) is 0 Å². The highest BCUT2D eigenvalue weighted by Gasteiger charge is 2.29. The number of benzene rings is 4. The summed E-state index contributed by atoms with van der Waals surface area (Å²) in [5.74, 6) is -0.826. The van der Waals surface area contributed by atoms with E-state index in [-0.39, 0.29) is 50.1 Å². The highest BCUT2D eigenvalue weighted by Crippen LogP contribution is 2.40. The van der Waals surface area contributed by atoms with Crippen LogP contribution in [0, 0.1) is 0 Å². The molecule has 0 aliphatic rings. The number of carbonyl (C=O) groups is 3. The summed E-state index contributed by atoms with van der Waals surface area (Å²) in [6.07, 6.45) is 0. The van der Waals surface area contributed by atoms with Crippen molar-refractivity contribution >= 4 is 39.7 Å². The summed E-state index contributed by atoms with van der Waals surface area (Å²) in [6.45, 7) is 27.6. The van der Waals surface area contributed by atoms with Crippen LogP contribution in [0.15, 0.2) is 60.7 Å². The number of phenolic OH excluding ortho intramolecular Hbond substituents is 2. The van der Waals surface area contributed by atoms with Crippen LogP contribution in [-0.4, -0.2) is 27.8 Å². The molecule has 0 saturated carbocycles. The van der Waals surface area contributed by atoms with Gasteiger partial charge in [-0.25, -0.2) is 0 Å². The van der Waals surface area contributed by atoms with E-state index in [1.165, 1.54) is 13.8 Å². The summed E-state index contributed by atoms with van der Waals surface area (Å²) in [4.78, 5) is 37.3. The maximum absolute atomic E-state index is 13.9. The number of ketones is 1. The second-order valence-electron chi connectivity index (χ2n) is 17.4. The zero-order chi connectivity index (χ0) is 38.1. The van der Waals surface area contributed by atoms with Crippen LogP contribution in [0.25, 0.3) is 10.8 Å². The molecule has 50 heavy (non-hydrogen) atoms. The Labute approximate surface area is 298 Å². The fourth-order valence-corrected chi connectivity index (χ4v) is 5.55. The van der Waals surface area contributed by atoms with E-state index in [2.05, 4.69) is 52.2 Å². The Balaban J connectivity index is 0.00000160. The van der Waals surface area contributed by atoms with Crippen molar-refractivity contribution in [3.05, 3.63) is 94.0 Å². The molecular formula is C43H56N2O5. The molecule has 0 unspecified atom stereocenters. The number of carbonyl (C=O) groups excluding carboxylic acids is 3. The van der Waals surface area contributed by atoms with Crippen molar-refractivity contribution in [2.24, 2.45) is 0 Å². The molecule has 0 bridgehead atoms. The van der Waals surface area contributed by atoms with E-state index in [0.717, 1.165) is 16.5 Å². The first kappa shape index (κ1) is 39.8. The van der Waals surface area contributed by atoms with E-state index in [0.29, 0.717) is 27.9 Å². The average Bonchev–Trinajstić information content (AvgIpc) is 2.94. The fraction of sp³-hybridized carbons (Fsp3) is 0.419. The smallest absolute Gasteiger partial charge is 0.259 e. The molecule has 0 saturated heterocycles. The van der Waals surface area contributed by atoms with Crippen LogP contribution in [0.4, 0.5) is 11.4 Å². The van der Waals surface area contributed by atoms with E-state index in [1.807, 2.05) is 77.9 Å². The third-order valence-corrected chi connectivity index (χ3v) is 8.46. The summed E-state index contributed by atoms with van der Waals surface area (Å²) in [5.41, 5.74) is 3.36. The minimum Gasteiger partial charge on any atom is -0.507 e. The first-order valence-corrected chi connectivity index (χ1v) is 17.1. The van der Waals surface area contributed by atoms with Crippen molar-refractivity contribution in [2.45, 2.75) is 119 Å². The lowest BCUT2D eigenvalue weighted by molar-refractivity contribution is -0.115. The van der Waals surface area contributed by atoms with Crippen molar-refractivity contribution in [1.82, 2.24) is 0 Å². The highest BCUT2D eigenvalue weighted by molar-refractivity contribution is 6.17. The van der Waals surface area contributed by atoms with Gasteiger partial charge in [0.25, 0.3) is 11.8 Å². The van der Waals surface area contributed by atoms with Gasteiger partial charge in [-0.1, -0.05) is 119 Å². The van der Waals surface area contributed by atoms with E-state index in [1.54, 1.807) is 24.3 Å². The third kappa shape index (κ3) is 9.32. The van der Waals surface area contributed by atoms with Crippen molar-refractivity contribution < 1.29 is 24.6 Å². The van der Waals surface area contributed by atoms with Gasteiger partial charge in [0.15, 0.2) is 0 Å². The number of fused-ring (bicyclic) bond motifs is 1. The van der Waals surface area contributed by atoms with E-state index in [9.17, 15) is 24.6 Å². The van der Waals surface area contributed by atoms with Crippen LogP contribution in [0.2, 0.25) is 0 Å². The Morgan fingerprint density at radius 3 is 1.12 bits per heavy atom. The molecule has 4 N–H and O–H groups in total. The Morgan fingerprint density at radius 1 is 0.520 bits per heavy atom. The van der Waals surface area contributed by atoms with Crippen LogP contribution in [0.1, 0.15) is 140 Å². The largest absolute Gasteiger partial charge is 0.507 e. The standard InChI is InChI=1S/C40H50N2O4.C3H6O/c1-37(2,3)24-19-26(33(43)28(21-24)39(7,8)9)35(45)41-30-17-13-15-23-16-14-18-31(32(23)30)42-36(46)27-20-25(38(4,5)6)22-29(34(27)44)40(10,11)12;1-3(2)4/h13-22,43-44H,1-12H3,(H,41,45)(H,42,46);1-2H3. The number of rotatable bonds is 4. The van der Waals surface area contributed by atoms with Gasteiger partial charge in [0.1, 0.15) is 17.3 Å². The van der Waals surface area contributed by atoms with Crippen molar-refractivity contribution in [2.75, 3.05) is 10.6 Å². The van der Waals surface area contributed by atoms with Crippen LogP contribution in [-0.2, 0) is 26.5 Å². The lowest BCUT2D eigenvalue weighted by atomic mass is 9.79.